The molecular formula is C12H16ClNO. The Kier molecular flexibility index (Phi) is 3.49. The first-order valence-electron chi connectivity index (χ1n) is 5.38. The molecule has 0 atom stereocenters. The minimum absolute atomic E-state index is 0.337. The summed E-state index contributed by atoms with van der Waals surface area (Å²) in [5.74, 6) is 0.895. The summed E-state index contributed by atoms with van der Waals surface area (Å²) in [7, 11) is 0. The van der Waals surface area contributed by atoms with E-state index >= 15 is 0 Å². The molecule has 1 fully saturated rings. The van der Waals surface area contributed by atoms with Gasteiger partial charge in [-0.1, -0.05) is 11.6 Å². The molecule has 3 heteroatoms. The lowest BCUT2D eigenvalue weighted by Crippen LogP contribution is -2.34. The first-order chi connectivity index (χ1) is 7.24. The highest BCUT2D eigenvalue weighted by Crippen LogP contribution is 2.23. The molecule has 1 aromatic rings. The van der Waals surface area contributed by atoms with E-state index in [-0.39, 0.29) is 0 Å². The lowest BCUT2D eigenvalue weighted by Gasteiger charge is -2.24. The van der Waals surface area contributed by atoms with E-state index in [4.69, 9.17) is 16.3 Å². The molecule has 1 heterocycles. The van der Waals surface area contributed by atoms with Crippen LogP contribution in [0.4, 0.5) is 0 Å². The predicted octanol–water partition coefficient (Wildman–Crippen LogP) is 2.78. The fourth-order valence-corrected chi connectivity index (χ4v) is 2.16. The Hall–Kier alpha value is -0.730. The summed E-state index contributed by atoms with van der Waals surface area (Å²) in [4.78, 5) is 0. The Morgan fingerprint density at radius 2 is 2.00 bits per heavy atom. The van der Waals surface area contributed by atoms with Crippen LogP contribution in [0, 0.1) is 6.92 Å². The van der Waals surface area contributed by atoms with Crippen molar-refractivity contribution in [1.29, 1.82) is 0 Å². The first-order valence-corrected chi connectivity index (χ1v) is 5.76. The average molecular weight is 226 g/mol. The normalized spacial score (nSPS) is 17.7. The maximum Gasteiger partial charge on any atom is 0.121 e. The third kappa shape index (κ3) is 3.11. The van der Waals surface area contributed by atoms with Crippen LogP contribution in [-0.2, 0) is 0 Å². The van der Waals surface area contributed by atoms with Gasteiger partial charge in [0.15, 0.2) is 0 Å². The SMILES string of the molecule is Cc1cc(Cl)cc(OC2CCNCC2)c1. The predicted molar refractivity (Wildman–Crippen MR) is 62.7 cm³/mol. The number of ether oxygens (including phenoxy) is 1. The van der Waals surface area contributed by atoms with Gasteiger partial charge in [-0.25, -0.2) is 0 Å². The molecule has 1 N–H and O–H groups in total. The summed E-state index contributed by atoms with van der Waals surface area (Å²) in [6, 6.07) is 5.86. The van der Waals surface area contributed by atoms with Crippen LogP contribution in [0.15, 0.2) is 18.2 Å². The Balaban J connectivity index is 2.02. The van der Waals surface area contributed by atoms with E-state index in [1.807, 2.05) is 25.1 Å². The van der Waals surface area contributed by atoms with Gasteiger partial charge in [0.1, 0.15) is 11.9 Å². The second kappa shape index (κ2) is 4.86. The standard InChI is InChI=1S/C12H16ClNO/c1-9-6-10(13)8-12(7-9)15-11-2-4-14-5-3-11/h6-8,11,14H,2-5H2,1H3. The van der Waals surface area contributed by atoms with Crippen molar-refractivity contribution in [2.45, 2.75) is 25.9 Å². The van der Waals surface area contributed by atoms with E-state index in [0.717, 1.165) is 42.3 Å². The lowest BCUT2D eigenvalue weighted by atomic mass is 10.1. The molecule has 2 nitrogen and oxygen atoms in total. The summed E-state index contributed by atoms with van der Waals surface area (Å²) < 4.78 is 5.89. The third-order valence-electron chi connectivity index (χ3n) is 2.60. The molecule has 0 amide bonds. The van der Waals surface area contributed by atoms with Gasteiger partial charge < -0.3 is 10.1 Å². The highest BCUT2D eigenvalue weighted by molar-refractivity contribution is 6.30. The van der Waals surface area contributed by atoms with Crippen molar-refractivity contribution in [2.24, 2.45) is 0 Å². The molecule has 0 aliphatic carbocycles. The molecule has 0 aromatic heterocycles. The van der Waals surface area contributed by atoms with Crippen LogP contribution in [-0.4, -0.2) is 19.2 Å². The Labute approximate surface area is 95.6 Å². The number of benzene rings is 1. The number of piperidine rings is 1. The number of rotatable bonds is 2. The third-order valence-corrected chi connectivity index (χ3v) is 2.82. The van der Waals surface area contributed by atoms with E-state index in [1.165, 1.54) is 0 Å². The van der Waals surface area contributed by atoms with Crippen molar-refractivity contribution in [2.75, 3.05) is 13.1 Å². The summed E-state index contributed by atoms with van der Waals surface area (Å²) in [6.45, 7) is 4.12. The van der Waals surface area contributed by atoms with Crippen molar-refractivity contribution >= 4 is 11.6 Å². The molecule has 1 aliphatic rings. The molecule has 0 radical (unpaired) electrons. The van der Waals surface area contributed by atoms with Gasteiger partial charge in [-0.15, -0.1) is 0 Å². The maximum atomic E-state index is 5.98. The van der Waals surface area contributed by atoms with E-state index in [2.05, 4.69) is 5.32 Å². The van der Waals surface area contributed by atoms with E-state index < -0.39 is 0 Å². The van der Waals surface area contributed by atoms with Gasteiger partial charge >= 0.3 is 0 Å². The molecule has 15 heavy (non-hydrogen) atoms. The van der Waals surface area contributed by atoms with Gasteiger partial charge in [-0.3, -0.25) is 0 Å². The molecule has 0 saturated carbocycles. The molecule has 1 saturated heterocycles. The number of aryl methyl sites for hydroxylation is 1. The van der Waals surface area contributed by atoms with Crippen molar-refractivity contribution < 1.29 is 4.74 Å². The molecule has 2 rings (SSSR count). The van der Waals surface area contributed by atoms with Crippen molar-refractivity contribution in [1.82, 2.24) is 5.32 Å². The van der Waals surface area contributed by atoms with Crippen molar-refractivity contribution in [3.8, 4) is 5.75 Å². The number of nitrogens with one attached hydrogen (secondary N) is 1. The Morgan fingerprint density at radius 3 is 2.67 bits per heavy atom. The van der Waals surface area contributed by atoms with Gasteiger partial charge in [0.05, 0.1) is 0 Å². The Morgan fingerprint density at radius 1 is 1.27 bits per heavy atom. The minimum atomic E-state index is 0.337. The van der Waals surface area contributed by atoms with E-state index in [9.17, 15) is 0 Å². The maximum absolute atomic E-state index is 5.98. The van der Waals surface area contributed by atoms with Gasteiger partial charge in [0.2, 0.25) is 0 Å². The summed E-state index contributed by atoms with van der Waals surface area (Å²) in [5.41, 5.74) is 1.14. The highest BCUT2D eigenvalue weighted by atomic mass is 35.5. The second-order valence-corrected chi connectivity index (χ2v) is 4.47. The van der Waals surface area contributed by atoms with Crippen LogP contribution in [0.1, 0.15) is 18.4 Å². The zero-order valence-electron chi connectivity index (χ0n) is 8.92. The zero-order chi connectivity index (χ0) is 10.7. The molecule has 0 unspecified atom stereocenters. The molecule has 0 spiro atoms. The zero-order valence-corrected chi connectivity index (χ0v) is 9.68. The quantitative estimate of drug-likeness (QED) is 0.836. The van der Waals surface area contributed by atoms with Gasteiger partial charge in [0, 0.05) is 5.02 Å². The van der Waals surface area contributed by atoms with E-state index in [1.54, 1.807) is 0 Å². The molecular weight excluding hydrogens is 210 g/mol. The lowest BCUT2D eigenvalue weighted by molar-refractivity contribution is 0.162. The second-order valence-electron chi connectivity index (χ2n) is 4.03. The minimum Gasteiger partial charge on any atom is -0.490 e. The van der Waals surface area contributed by atoms with Crippen LogP contribution < -0.4 is 10.1 Å². The van der Waals surface area contributed by atoms with Crippen LogP contribution in [0.2, 0.25) is 5.02 Å². The van der Waals surface area contributed by atoms with Crippen LogP contribution in [0.3, 0.4) is 0 Å². The fraction of sp³-hybridized carbons (Fsp3) is 0.500. The number of halogens is 1. The summed E-state index contributed by atoms with van der Waals surface area (Å²) in [5, 5.41) is 4.07. The average Bonchev–Trinajstić information content (AvgIpc) is 2.17. The fourth-order valence-electron chi connectivity index (χ4n) is 1.88. The van der Waals surface area contributed by atoms with Crippen LogP contribution in [0.25, 0.3) is 0 Å². The van der Waals surface area contributed by atoms with Crippen LogP contribution >= 0.6 is 11.6 Å². The monoisotopic (exact) mass is 225 g/mol. The summed E-state index contributed by atoms with van der Waals surface area (Å²) >= 11 is 5.98. The smallest absolute Gasteiger partial charge is 0.121 e. The largest absolute Gasteiger partial charge is 0.490 e. The molecule has 0 bridgehead atoms. The van der Waals surface area contributed by atoms with E-state index in [0.29, 0.717) is 6.10 Å². The molecule has 82 valence electrons. The Bertz CT molecular complexity index is 314. The molecule has 1 aromatic carbocycles. The topological polar surface area (TPSA) is 21.3 Å². The van der Waals surface area contributed by atoms with Gasteiger partial charge in [-0.2, -0.15) is 0 Å². The van der Waals surface area contributed by atoms with Gasteiger partial charge in [-0.05, 0) is 56.6 Å². The first kappa shape index (κ1) is 10.8. The number of hydrogen-bond acceptors (Lipinski definition) is 2. The van der Waals surface area contributed by atoms with Crippen molar-refractivity contribution in [3.63, 3.8) is 0 Å². The summed E-state index contributed by atoms with van der Waals surface area (Å²) in [6.07, 6.45) is 2.49. The number of hydrogen-bond donors (Lipinski definition) is 1. The molecule has 1 aliphatic heterocycles. The van der Waals surface area contributed by atoms with Crippen LogP contribution in [0.5, 0.6) is 5.75 Å². The highest BCUT2D eigenvalue weighted by Gasteiger charge is 2.14. The van der Waals surface area contributed by atoms with Gasteiger partial charge in [0.25, 0.3) is 0 Å². The van der Waals surface area contributed by atoms with Crippen molar-refractivity contribution in [3.05, 3.63) is 28.8 Å².